The second-order valence-electron chi connectivity index (χ2n) is 9.05. The number of piperidine rings is 1. The molecule has 2 aromatic carbocycles. The van der Waals surface area contributed by atoms with Crippen LogP contribution in [0.25, 0.3) is 0 Å². The van der Waals surface area contributed by atoms with E-state index in [2.05, 4.69) is 17.0 Å². The predicted octanol–water partition coefficient (Wildman–Crippen LogP) is 4.25. The summed E-state index contributed by atoms with van der Waals surface area (Å²) < 4.78 is 19.2. The summed E-state index contributed by atoms with van der Waals surface area (Å²) in [6.07, 6.45) is 3.58. The fourth-order valence-electron chi connectivity index (χ4n) is 5.27. The van der Waals surface area contributed by atoms with Crippen molar-refractivity contribution in [2.75, 3.05) is 13.1 Å². The molecule has 0 spiro atoms. The predicted molar refractivity (Wildman–Crippen MR) is 118 cm³/mol. The van der Waals surface area contributed by atoms with Crippen molar-refractivity contribution < 1.29 is 19.0 Å². The molecule has 3 atom stereocenters. The third-order valence-corrected chi connectivity index (χ3v) is 7.25. The summed E-state index contributed by atoms with van der Waals surface area (Å²) in [5, 5.41) is 10.7. The van der Waals surface area contributed by atoms with Gasteiger partial charge in [0.25, 0.3) is 0 Å². The third kappa shape index (κ3) is 4.89. The average molecular weight is 426 g/mol. The van der Waals surface area contributed by atoms with Crippen LogP contribution in [-0.4, -0.2) is 47.1 Å². The molecule has 2 aliphatic rings. The van der Waals surface area contributed by atoms with Gasteiger partial charge in [-0.05, 0) is 75.4 Å². The zero-order chi connectivity index (χ0) is 21.8. The molecule has 2 fully saturated rings. The van der Waals surface area contributed by atoms with Crippen molar-refractivity contribution in [3.63, 3.8) is 0 Å². The van der Waals surface area contributed by atoms with E-state index >= 15 is 0 Å². The number of rotatable bonds is 6. The zero-order valence-corrected chi connectivity index (χ0v) is 18.2. The summed E-state index contributed by atoms with van der Waals surface area (Å²) in [6.45, 7) is 3.74. The first-order chi connectivity index (χ1) is 15.0. The van der Waals surface area contributed by atoms with Crippen molar-refractivity contribution in [2.24, 2.45) is 0 Å². The number of Topliss-reactive ketones (excluding diaryl/α,β-unsaturated/α-hetero) is 1. The van der Waals surface area contributed by atoms with E-state index in [1.165, 1.54) is 12.1 Å². The molecule has 4 rings (SSSR count). The lowest BCUT2D eigenvalue weighted by molar-refractivity contribution is -0.125. The summed E-state index contributed by atoms with van der Waals surface area (Å²) in [7, 11) is 0. The minimum Gasteiger partial charge on any atom is -0.391 e. The van der Waals surface area contributed by atoms with Gasteiger partial charge in [0.05, 0.1) is 24.2 Å². The number of ether oxygens (including phenoxy) is 1. The third-order valence-electron chi connectivity index (χ3n) is 7.25. The molecule has 0 radical (unpaired) electrons. The standard InChI is InChI=1S/C26H32FNO3/c1-19(29)26(21-5-3-2-4-6-21)13-15-28(16-14-26)24-17-23(11-12-25(24)30)31-18-20-7-9-22(27)10-8-20/h2-10,23-25,30H,11-18H2,1H3/t23-,24-,25-/m1/s1. The number of aliphatic hydroxyl groups is 1. The highest BCUT2D eigenvalue weighted by Crippen LogP contribution is 2.38. The van der Waals surface area contributed by atoms with Crippen LogP contribution in [0.3, 0.4) is 0 Å². The Balaban J connectivity index is 1.37. The van der Waals surface area contributed by atoms with Crippen LogP contribution < -0.4 is 0 Å². The van der Waals surface area contributed by atoms with Crippen LogP contribution in [0.5, 0.6) is 0 Å². The monoisotopic (exact) mass is 425 g/mol. The lowest BCUT2D eigenvalue weighted by atomic mass is 9.69. The van der Waals surface area contributed by atoms with E-state index in [9.17, 15) is 14.3 Å². The van der Waals surface area contributed by atoms with Crippen LogP contribution >= 0.6 is 0 Å². The van der Waals surface area contributed by atoms with Gasteiger partial charge in [0.1, 0.15) is 11.6 Å². The van der Waals surface area contributed by atoms with Crippen molar-refractivity contribution in [3.8, 4) is 0 Å². The number of halogens is 1. The van der Waals surface area contributed by atoms with Crippen LogP contribution in [0, 0.1) is 5.82 Å². The Labute approximate surface area is 184 Å². The Kier molecular flexibility index (Phi) is 6.85. The number of hydrogen-bond acceptors (Lipinski definition) is 4. The van der Waals surface area contributed by atoms with Gasteiger partial charge in [0.2, 0.25) is 0 Å². The van der Waals surface area contributed by atoms with Gasteiger partial charge in [-0.15, -0.1) is 0 Å². The highest BCUT2D eigenvalue weighted by molar-refractivity contribution is 5.88. The molecule has 1 aliphatic carbocycles. The molecule has 0 bridgehead atoms. The van der Waals surface area contributed by atoms with Crippen molar-refractivity contribution in [3.05, 3.63) is 71.5 Å². The molecule has 1 saturated heterocycles. The first-order valence-corrected chi connectivity index (χ1v) is 11.3. The van der Waals surface area contributed by atoms with E-state index in [4.69, 9.17) is 4.74 Å². The molecule has 2 aromatic rings. The summed E-state index contributed by atoms with van der Waals surface area (Å²) in [4.78, 5) is 15.0. The fourth-order valence-corrected chi connectivity index (χ4v) is 5.27. The number of ketones is 1. The first-order valence-electron chi connectivity index (χ1n) is 11.3. The quantitative estimate of drug-likeness (QED) is 0.752. The normalized spacial score (nSPS) is 26.5. The van der Waals surface area contributed by atoms with Crippen molar-refractivity contribution in [1.82, 2.24) is 4.90 Å². The molecule has 31 heavy (non-hydrogen) atoms. The summed E-state index contributed by atoms with van der Waals surface area (Å²) >= 11 is 0. The van der Waals surface area contributed by atoms with Gasteiger partial charge in [-0.2, -0.15) is 0 Å². The summed E-state index contributed by atoms with van der Waals surface area (Å²) in [5.74, 6) is -0.0186. The minimum absolute atomic E-state index is 0.0488. The van der Waals surface area contributed by atoms with Gasteiger partial charge in [-0.25, -0.2) is 4.39 Å². The van der Waals surface area contributed by atoms with E-state index in [0.29, 0.717) is 13.0 Å². The fraction of sp³-hybridized carbons (Fsp3) is 0.500. The molecule has 0 amide bonds. The Bertz CT molecular complexity index is 862. The van der Waals surface area contributed by atoms with E-state index in [-0.39, 0.29) is 29.9 Å². The highest BCUT2D eigenvalue weighted by Gasteiger charge is 2.43. The number of carbonyl (C=O) groups excluding carboxylic acids is 1. The van der Waals surface area contributed by atoms with E-state index < -0.39 is 5.41 Å². The molecule has 1 heterocycles. The molecule has 1 aliphatic heterocycles. The maximum atomic E-state index is 13.1. The van der Waals surface area contributed by atoms with Gasteiger partial charge in [-0.3, -0.25) is 9.69 Å². The van der Waals surface area contributed by atoms with Gasteiger partial charge in [0.15, 0.2) is 0 Å². The maximum Gasteiger partial charge on any atom is 0.140 e. The summed E-state index contributed by atoms with van der Waals surface area (Å²) in [6, 6.07) is 16.6. The molecule has 1 saturated carbocycles. The van der Waals surface area contributed by atoms with E-state index in [1.807, 2.05) is 18.2 Å². The van der Waals surface area contributed by atoms with Gasteiger partial charge < -0.3 is 9.84 Å². The molecule has 0 aromatic heterocycles. The minimum atomic E-state index is -0.421. The van der Waals surface area contributed by atoms with Crippen molar-refractivity contribution >= 4 is 5.78 Å². The Hall–Kier alpha value is -2.08. The molecule has 4 nitrogen and oxygen atoms in total. The van der Waals surface area contributed by atoms with Gasteiger partial charge >= 0.3 is 0 Å². The van der Waals surface area contributed by atoms with Crippen LogP contribution in [0.15, 0.2) is 54.6 Å². The Morgan fingerprint density at radius 3 is 2.42 bits per heavy atom. The second-order valence-corrected chi connectivity index (χ2v) is 9.05. The summed E-state index contributed by atoms with van der Waals surface area (Å²) in [5.41, 5.74) is 1.64. The highest BCUT2D eigenvalue weighted by atomic mass is 19.1. The molecule has 166 valence electrons. The van der Waals surface area contributed by atoms with Crippen LogP contribution in [0.2, 0.25) is 0 Å². The lowest BCUT2D eigenvalue weighted by Crippen LogP contribution is -2.55. The smallest absolute Gasteiger partial charge is 0.140 e. The topological polar surface area (TPSA) is 49.8 Å². The van der Waals surface area contributed by atoms with Crippen LogP contribution in [-0.2, 0) is 21.6 Å². The molecule has 1 N–H and O–H groups in total. The Morgan fingerprint density at radius 2 is 1.77 bits per heavy atom. The maximum absolute atomic E-state index is 13.1. The molecular weight excluding hydrogens is 393 g/mol. The Morgan fingerprint density at radius 1 is 1.10 bits per heavy atom. The molecular formula is C26H32FNO3. The van der Waals surface area contributed by atoms with Gasteiger partial charge in [0, 0.05) is 6.04 Å². The number of hydrogen-bond donors (Lipinski definition) is 1. The second kappa shape index (κ2) is 9.60. The number of likely N-dealkylation sites (tertiary alicyclic amines) is 1. The lowest BCUT2D eigenvalue weighted by Gasteiger charge is -2.46. The number of nitrogens with zero attached hydrogens (tertiary/aromatic N) is 1. The van der Waals surface area contributed by atoms with E-state index in [0.717, 1.165) is 49.9 Å². The zero-order valence-electron chi connectivity index (χ0n) is 18.2. The molecule has 5 heteroatoms. The van der Waals surface area contributed by atoms with Crippen molar-refractivity contribution in [1.29, 1.82) is 0 Å². The number of aliphatic hydroxyl groups excluding tert-OH is 1. The van der Waals surface area contributed by atoms with Gasteiger partial charge in [-0.1, -0.05) is 42.5 Å². The number of benzene rings is 2. The SMILES string of the molecule is CC(=O)C1(c2ccccc2)CCN([C@@H]2C[C@H](OCc3ccc(F)cc3)CC[C@H]2O)CC1. The molecule has 0 unspecified atom stereocenters. The first kappa shape index (κ1) is 22.1. The van der Waals surface area contributed by atoms with Crippen LogP contribution in [0.4, 0.5) is 4.39 Å². The van der Waals surface area contributed by atoms with E-state index in [1.54, 1.807) is 19.1 Å². The average Bonchev–Trinajstić information content (AvgIpc) is 2.80. The van der Waals surface area contributed by atoms with Crippen molar-refractivity contribution in [2.45, 2.75) is 69.3 Å². The number of carbonyl (C=O) groups is 1. The van der Waals surface area contributed by atoms with Crippen LogP contribution in [0.1, 0.15) is 50.2 Å². The largest absolute Gasteiger partial charge is 0.391 e.